The van der Waals surface area contributed by atoms with Crippen molar-refractivity contribution < 1.29 is 19.0 Å². The molecule has 0 radical (unpaired) electrons. The number of thioether (sulfide) groups is 1. The number of nitrogens with zero attached hydrogens (tertiary/aromatic N) is 3. The van der Waals surface area contributed by atoms with E-state index in [1.54, 1.807) is 25.1 Å². The minimum Gasteiger partial charge on any atom is -0.485 e. The molecule has 0 saturated carbocycles. The molecule has 0 spiro atoms. The molecule has 10 heteroatoms. The molecule has 3 N–H and O–H groups in total. The number of benzene rings is 2. The van der Waals surface area contributed by atoms with Gasteiger partial charge in [0.1, 0.15) is 12.4 Å². The van der Waals surface area contributed by atoms with Crippen molar-refractivity contribution in [1.29, 1.82) is 0 Å². The third-order valence-electron chi connectivity index (χ3n) is 5.17. The number of aromatic nitrogens is 3. The molecule has 0 fully saturated rings. The first-order valence-electron chi connectivity index (χ1n) is 10.6. The molecule has 1 amide bonds. The van der Waals surface area contributed by atoms with Crippen LogP contribution in [-0.2, 0) is 11.4 Å². The summed E-state index contributed by atoms with van der Waals surface area (Å²) in [6, 6.07) is 11.4. The van der Waals surface area contributed by atoms with Crippen molar-refractivity contribution in [3.05, 3.63) is 53.3 Å². The Morgan fingerprint density at radius 2 is 1.97 bits per heavy atom. The van der Waals surface area contributed by atoms with E-state index in [1.165, 1.54) is 16.4 Å². The predicted molar refractivity (Wildman–Crippen MR) is 126 cm³/mol. The second kappa shape index (κ2) is 9.62. The average Bonchev–Trinajstić information content (AvgIpc) is 3.38. The van der Waals surface area contributed by atoms with Gasteiger partial charge in [0, 0.05) is 11.8 Å². The van der Waals surface area contributed by atoms with E-state index >= 15 is 0 Å². The maximum absolute atomic E-state index is 12.7. The number of carbonyl (C=O) groups excluding carboxylic acids is 1. The number of carbonyl (C=O) groups is 1. The Labute approximate surface area is 196 Å². The molecule has 0 aliphatic carbocycles. The van der Waals surface area contributed by atoms with Gasteiger partial charge in [-0.1, -0.05) is 37.7 Å². The normalized spacial score (nSPS) is 13.2. The fourth-order valence-corrected chi connectivity index (χ4v) is 4.09. The molecular weight excluding hydrogens is 442 g/mol. The molecule has 3 aromatic rings. The van der Waals surface area contributed by atoms with Crippen LogP contribution in [0.15, 0.2) is 41.6 Å². The van der Waals surface area contributed by atoms with E-state index in [4.69, 9.17) is 20.1 Å². The van der Waals surface area contributed by atoms with Crippen LogP contribution in [0.2, 0.25) is 0 Å². The van der Waals surface area contributed by atoms with Crippen LogP contribution in [0.3, 0.4) is 0 Å². The molecule has 0 unspecified atom stereocenters. The lowest BCUT2D eigenvalue weighted by molar-refractivity contribution is -0.115. The number of anilines is 1. The molecule has 1 aliphatic heterocycles. The Morgan fingerprint density at radius 3 is 2.76 bits per heavy atom. The first-order valence-corrected chi connectivity index (χ1v) is 11.5. The quantitative estimate of drug-likeness (QED) is 0.378. The van der Waals surface area contributed by atoms with Gasteiger partial charge in [0.25, 0.3) is 0 Å². The molecule has 1 aromatic heterocycles. The Kier molecular flexibility index (Phi) is 6.64. The van der Waals surface area contributed by atoms with Gasteiger partial charge in [-0.15, -0.1) is 10.2 Å². The van der Waals surface area contributed by atoms with Crippen LogP contribution >= 0.6 is 11.8 Å². The van der Waals surface area contributed by atoms with Crippen molar-refractivity contribution in [2.24, 2.45) is 0 Å². The summed E-state index contributed by atoms with van der Waals surface area (Å²) in [5, 5.41) is 11.1. The number of amides is 1. The van der Waals surface area contributed by atoms with Crippen LogP contribution in [0.5, 0.6) is 17.2 Å². The van der Waals surface area contributed by atoms with E-state index in [9.17, 15) is 4.79 Å². The van der Waals surface area contributed by atoms with Crippen molar-refractivity contribution in [2.75, 3.05) is 18.0 Å². The average molecular weight is 470 g/mol. The third kappa shape index (κ3) is 5.16. The van der Waals surface area contributed by atoms with Gasteiger partial charge in [-0.3, -0.25) is 4.79 Å². The number of hydrogen-bond acceptors (Lipinski definition) is 8. The highest BCUT2D eigenvalue weighted by Gasteiger charge is 2.21. The first-order chi connectivity index (χ1) is 15.8. The van der Waals surface area contributed by atoms with Crippen LogP contribution < -0.4 is 25.4 Å². The zero-order chi connectivity index (χ0) is 23.5. The molecule has 2 heterocycles. The van der Waals surface area contributed by atoms with Crippen molar-refractivity contribution >= 4 is 23.4 Å². The molecular formula is C23H27N5O4S. The SMILES string of the molecule is Cc1ccc(C(C)C)c(OCc2nnc(S[C@@H](C)C(=O)Nc3ccc4c(c3)OCO4)n2N)c1. The number of nitrogens with two attached hydrogens (primary N) is 1. The van der Waals surface area contributed by atoms with Crippen LogP contribution in [0, 0.1) is 6.92 Å². The third-order valence-corrected chi connectivity index (χ3v) is 6.23. The van der Waals surface area contributed by atoms with Gasteiger partial charge in [0.2, 0.25) is 17.9 Å². The smallest absolute Gasteiger partial charge is 0.237 e. The fourth-order valence-electron chi connectivity index (χ4n) is 3.30. The standard InChI is InChI=1S/C23H27N5O4S/c1-13(2)17-7-5-14(3)9-19(17)30-11-21-26-27-23(28(21)24)33-15(4)22(29)25-16-6-8-18-20(10-16)32-12-31-18/h5-10,13,15H,11-12,24H2,1-4H3,(H,25,29)/t15-/m0/s1. The summed E-state index contributed by atoms with van der Waals surface area (Å²) in [7, 11) is 0. The second-order valence-corrected chi connectivity index (χ2v) is 9.38. The summed E-state index contributed by atoms with van der Waals surface area (Å²) < 4.78 is 18.0. The number of hydrogen-bond donors (Lipinski definition) is 2. The lowest BCUT2D eigenvalue weighted by Crippen LogP contribution is -2.24. The summed E-state index contributed by atoms with van der Waals surface area (Å²) in [5.41, 5.74) is 2.85. The molecule has 2 aromatic carbocycles. The minimum atomic E-state index is -0.458. The molecule has 4 rings (SSSR count). The Morgan fingerprint density at radius 1 is 1.18 bits per heavy atom. The molecule has 0 saturated heterocycles. The summed E-state index contributed by atoms with van der Waals surface area (Å²) in [5.74, 6) is 8.86. The van der Waals surface area contributed by atoms with Crippen LogP contribution in [-0.4, -0.2) is 32.8 Å². The lowest BCUT2D eigenvalue weighted by atomic mass is 10.0. The number of nitrogens with one attached hydrogen (secondary N) is 1. The predicted octanol–water partition coefficient (Wildman–Crippen LogP) is 3.85. The monoisotopic (exact) mass is 469 g/mol. The van der Waals surface area contributed by atoms with Gasteiger partial charge < -0.3 is 25.4 Å². The van der Waals surface area contributed by atoms with Crippen molar-refractivity contribution in [1.82, 2.24) is 14.9 Å². The van der Waals surface area contributed by atoms with Gasteiger partial charge in [-0.05, 0) is 49.1 Å². The molecule has 0 bridgehead atoms. The van der Waals surface area contributed by atoms with Crippen molar-refractivity contribution in [3.8, 4) is 17.2 Å². The summed E-state index contributed by atoms with van der Waals surface area (Å²) >= 11 is 1.22. The van der Waals surface area contributed by atoms with Gasteiger partial charge >= 0.3 is 0 Å². The second-order valence-electron chi connectivity index (χ2n) is 8.07. The molecule has 33 heavy (non-hydrogen) atoms. The first kappa shape index (κ1) is 22.8. The summed E-state index contributed by atoms with van der Waals surface area (Å²) in [6.07, 6.45) is 0. The zero-order valence-electron chi connectivity index (χ0n) is 19.0. The van der Waals surface area contributed by atoms with Crippen LogP contribution in [0.25, 0.3) is 0 Å². The van der Waals surface area contributed by atoms with Gasteiger partial charge in [-0.2, -0.15) is 0 Å². The Balaban J connectivity index is 1.37. The van der Waals surface area contributed by atoms with Gasteiger partial charge in [-0.25, -0.2) is 4.68 Å². The van der Waals surface area contributed by atoms with E-state index in [2.05, 4.69) is 41.5 Å². The number of rotatable bonds is 8. The van der Waals surface area contributed by atoms with E-state index in [0.29, 0.717) is 34.1 Å². The van der Waals surface area contributed by atoms with Gasteiger partial charge in [0.15, 0.2) is 17.3 Å². The minimum absolute atomic E-state index is 0.172. The maximum atomic E-state index is 12.7. The number of ether oxygens (including phenoxy) is 3. The topological polar surface area (TPSA) is 114 Å². The van der Waals surface area contributed by atoms with E-state index in [1.807, 2.05) is 13.0 Å². The summed E-state index contributed by atoms with van der Waals surface area (Å²) in [6.45, 7) is 8.39. The lowest BCUT2D eigenvalue weighted by Gasteiger charge is -2.15. The number of aryl methyl sites for hydroxylation is 1. The Bertz CT molecular complexity index is 1160. The molecule has 1 atom stereocenters. The van der Waals surface area contributed by atoms with Gasteiger partial charge in [0.05, 0.1) is 5.25 Å². The van der Waals surface area contributed by atoms with E-state index < -0.39 is 5.25 Å². The number of fused-ring (bicyclic) bond motifs is 1. The maximum Gasteiger partial charge on any atom is 0.237 e. The van der Waals surface area contributed by atoms with Crippen molar-refractivity contribution in [3.63, 3.8) is 0 Å². The van der Waals surface area contributed by atoms with Crippen molar-refractivity contribution in [2.45, 2.75) is 50.6 Å². The highest BCUT2D eigenvalue weighted by molar-refractivity contribution is 8.00. The number of nitrogen functional groups attached to an aromatic ring is 1. The molecule has 174 valence electrons. The van der Waals surface area contributed by atoms with Crippen LogP contribution in [0.1, 0.15) is 43.6 Å². The van der Waals surface area contributed by atoms with E-state index in [0.717, 1.165) is 16.9 Å². The van der Waals surface area contributed by atoms with E-state index in [-0.39, 0.29) is 19.3 Å². The fraction of sp³-hybridized carbons (Fsp3) is 0.348. The zero-order valence-corrected chi connectivity index (χ0v) is 19.8. The molecule has 1 aliphatic rings. The Hall–Kier alpha value is -3.40. The summed E-state index contributed by atoms with van der Waals surface area (Å²) in [4.78, 5) is 12.7. The highest BCUT2D eigenvalue weighted by Crippen LogP contribution is 2.34. The largest absolute Gasteiger partial charge is 0.485 e. The highest BCUT2D eigenvalue weighted by atomic mass is 32.2. The van der Waals surface area contributed by atoms with Crippen LogP contribution in [0.4, 0.5) is 5.69 Å². The molecule has 9 nitrogen and oxygen atoms in total.